The minimum absolute atomic E-state index is 0.225. The minimum atomic E-state index is -0.339. The Labute approximate surface area is 158 Å². The first-order valence-electron chi connectivity index (χ1n) is 8.67. The highest BCUT2D eigenvalue weighted by Gasteiger charge is 2.20. The lowest BCUT2D eigenvalue weighted by atomic mass is 10.1. The van der Waals surface area contributed by atoms with Crippen LogP contribution in [-0.4, -0.2) is 50.4 Å². The SMILES string of the molecule is CN(C)CCN(C)c1ccccc1-c1oc(-c2ccc(F)cc2)nc1C=O. The summed E-state index contributed by atoms with van der Waals surface area (Å²) >= 11 is 0. The average Bonchev–Trinajstić information content (AvgIpc) is 3.11. The third-order valence-corrected chi connectivity index (χ3v) is 4.30. The van der Waals surface area contributed by atoms with E-state index in [4.69, 9.17) is 4.42 Å². The third-order valence-electron chi connectivity index (χ3n) is 4.30. The number of aldehydes is 1. The summed E-state index contributed by atoms with van der Waals surface area (Å²) in [7, 11) is 6.05. The number of benzene rings is 2. The number of rotatable bonds is 7. The molecule has 1 heterocycles. The largest absolute Gasteiger partial charge is 0.435 e. The molecule has 3 rings (SSSR count). The van der Waals surface area contributed by atoms with Crippen molar-refractivity contribution in [2.45, 2.75) is 0 Å². The molecule has 6 heteroatoms. The molecule has 0 saturated heterocycles. The third kappa shape index (κ3) is 4.23. The van der Waals surface area contributed by atoms with Crippen LogP contribution in [0.4, 0.5) is 10.1 Å². The van der Waals surface area contributed by atoms with Crippen molar-refractivity contribution in [2.75, 3.05) is 39.1 Å². The number of aromatic nitrogens is 1. The second-order valence-corrected chi connectivity index (χ2v) is 6.60. The number of hydrogen-bond acceptors (Lipinski definition) is 5. The summed E-state index contributed by atoms with van der Waals surface area (Å²) in [5, 5.41) is 0. The van der Waals surface area contributed by atoms with E-state index in [0.29, 0.717) is 17.6 Å². The number of halogens is 1. The fraction of sp³-hybridized carbons (Fsp3) is 0.238. The van der Waals surface area contributed by atoms with Gasteiger partial charge in [-0.25, -0.2) is 9.37 Å². The van der Waals surface area contributed by atoms with Crippen molar-refractivity contribution in [3.05, 3.63) is 60.0 Å². The Morgan fingerprint density at radius 1 is 1.04 bits per heavy atom. The number of anilines is 1. The van der Waals surface area contributed by atoms with Gasteiger partial charge in [-0.1, -0.05) is 12.1 Å². The van der Waals surface area contributed by atoms with Gasteiger partial charge in [-0.15, -0.1) is 0 Å². The molecule has 0 aliphatic carbocycles. The highest BCUT2D eigenvalue weighted by atomic mass is 19.1. The van der Waals surface area contributed by atoms with E-state index in [9.17, 15) is 9.18 Å². The van der Waals surface area contributed by atoms with Crippen LogP contribution in [0.15, 0.2) is 52.9 Å². The van der Waals surface area contributed by atoms with Crippen molar-refractivity contribution in [3.8, 4) is 22.8 Å². The van der Waals surface area contributed by atoms with Gasteiger partial charge in [-0.3, -0.25) is 4.79 Å². The van der Waals surface area contributed by atoms with Gasteiger partial charge in [0.2, 0.25) is 5.89 Å². The Kier molecular flexibility index (Phi) is 5.66. The Morgan fingerprint density at radius 2 is 1.74 bits per heavy atom. The maximum Gasteiger partial charge on any atom is 0.227 e. The molecule has 0 amide bonds. The molecule has 0 bridgehead atoms. The highest BCUT2D eigenvalue weighted by molar-refractivity contribution is 5.88. The number of oxazole rings is 1. The number of hydrogen-bond donors (Lipinski definition) is 0. The first-order chi connectivity index (χ1) is 13.0. The zero-order valence-corrected chi connectivity index (χ0v) is 15.6. The summed E-state index contributed by atoms with van der Waals surface area (Å²) in [4.78, 5) is 20.1. The fourth-order valence-corrected chi connectivity index (χ4v) is 2.79. The molecule has 0 fully saturated rings. The zero-order valence-electron chi connectivity index (χ0n) is 15.6. The molecule has 0 spiro atoms. The summed E-state index contributed by atoms with van der Waals surface area (Å²) in [5.41, 5.74) is 2.58. The summed E-state index contributed by atoms with van der Waals surface area (Å²) < 4.78 is 19.1. The van der Waals surface area contributed by atoms with E-state index >= 15 is 0 Å². The van der Waals surface area contributed by atoms with Gasteiger partial charge in [0, 0.05) is 37.0 Å². The van der Waals surface area contributed by atoms with E-state index in [-0.39, 0.29) is 17.4 Å². The fourth-order valence-electron chi connectivity index (χ4n) is 2.79. The Morgan fingerprint density at radius 3 is 2.41 bits per heavy atom. The number of carbonyl (C=O) groups is 1. The van der Waals surface area contributed by atoms with Crippen LogP contribution in [0.3, 0.4) is 0 Å². The quantitative estimate of drug-likeness (QED) is 0.592. The van der Waals surface area contributed by atoms with Crippen molar-refractivity contribution >= 4 is 12.0 Å². The van der Waals surface area contributed by atoms with Gasteiger partial charge in [0.05, 0.1) is 0 Å². The van der Waals surface area contributed by atoms with Crippen molar-refractivity contribution in [2.24, 2.45) is 0 Å². The van der Waals surface area contributed by atoms with E-state index in [1.54, 1.807) is 12.1 Å². The number of nitrogens with zero attached hydrogens (tertiary/aromatic N) is 3. The highest BCUT2D eigenvalue weighted by Crippen LogP contribution is 2.35. The van der Waals surface area contributed by atoms with E-state index in [1.807, 2.05) is 45.4 Å². The molecule has 3 aromatic rings. The van der Waals surface area contributed by atoms with Crippen LogP contribution < -0.4 is 4.90 Å². The summed E-state index contributed by atoms with van der Waals surface area (Å²) in [6.07, 6.45) is 0.683. The average molecular weight is 367 g/mol. The van der Waals surface area contributed by atoms with Gasteiger partial charge < -0.3 is 14.2 Å². The van der Waals surface area contributed by atoms with E-state index in [1.165, 1.54) is 12.1 Å². The molecule has 2 aromatic carbocycles. The van der Waals surface area contributed by atoms with Gasteiger partial charge in [0.1, 0.15) is 5.82 Å². The second-order valence-electron chi connectivity index (χ2n) is 6.60. The molecule has 140 valence electrons. The van der Waals surface area contributed by atoms with Crippen LogP contribution in [0.2, 0.25) is 0 Å². The second kappa shape index (κ2) is 8.14. The van der Waals surface area contributed by atoms with Crippen molar-refractivity contribution < 1.29 is 13.6 Å². The van der Waals surface area contributed by atoms with Gasteiger partial charge in [0.15, 0.2) is 17.7 Å². The molecule has 0 atom stereocenters. The Balaban J connectivity index is 2.01. The molecular weight excluding hydrogens is 345 g/mol. The number of carbonyl (C=O) groups excluding carboxylic acids is 1. The molecule has 0 unspecified atom stereocenters. The van der Waals surface area contributed by atoms with Crippen LogP contribution in [0.5, 0.6) is 0 Å². The maximum atomic E-state index is 13.2. The number of para-hydroxylation sites is 1. The van der Waals surface area contributed by atoms with Crippen LogP contribution in [0.25, 0.3) is 22.8 Å². The normalized spacial score (nSPS) is 11.0. The monoisotopic (exact) mass is 367 g/mol. The first-order valence-corrected chi connectivity index (χ1v) is 8.67. The summed E-state index contributed by atoms with van der Waals surface area (Å²) in [6, 6.07) is 13.6. The smallest absolute Gasteiger partial charge is 0.227 e. The lowest BCUT2D eigenvalue weighted by Crippen LogP contribution is -2.28. The lowest BCUT2D eigenvalue weighted by Gasteiger charge is -2.23. The van der Waals surface area contributed by atoms with Crippen LogP contribution in [-0.2, 0) is 0 Å². The van der Waals surface area contributed by atoms with Gasteiger partial charge in [-0.2, -0.15) is 0 Å². The van der Waals surface area contributed by atoms with Crippen molar-refractivity contribution in [3.63, 3.8) is 0 Å². The Bertz CT molecular complexity index is 919. The molecule has 27 heavy (non-hydrogen) atoms. The number of likely N-dealkylation sites (N-methyl/N-ethyl adjacent to an activating group) is 2. The minimum Gasteiger partial charge on any atom is -0.435 e. The van der Waals surface area contributed by atoms with E-state index in [0.717, 1.165) is 24.3 Å². The standard InChI is InChI=1S/C21H22FN3O2/c1-24(2)12-13-25(3)19-7-5-4-6-17(19)20-18(14-26)23-21(27-20)15-8-10-16(22)11-9-15/h4-11,14H,12-13H2,1-3H3. The van der Waals surface area contributed by atoms with E-state index < -0.39 is 0 Å². The van der Waals surface area contributed by atoms with Gasteiger partial charge >= 0.3 is 0 Å². The molecular formula is C21H22FN3O2. The van der Waals surface area contributed by atoms with Gasteiger partial charge in [-0.05, 0) is 50.5 Å². The van der Waals surface area contributed by atoms with Crippen molar-refractivity contribution in [1.29, 1.82) is 0 Å². The predicted molar refractivity (Wildman–Crippen MR) is 105 cm³/mol. The van der Waals surface area contributed by atoms with Crippen LogP contribution in [0.1, 0.15) is 10.5 Å². The Hall–Kier alpha value is -2.99. The molecule has 0 radical (unpaired) electrons. The lowest BCUT2D eigenvalue weighted by molar-refractivity contribution is 0.112. The predicted octanol–water partition coefficient (Wildman–Crippen LogP) is 3.96. The van der Waals surface area contributed by atoms with Crippen molar-refractivity contribution in [1.82, 2.24) is 9.88 Å². The molecule has 0 saturated carbocycles. The van der Waals surface area contributed by atoms with E-state index in [2.05, 4.69) is 14.8 Å². The summed E-state index contributed by atoms with van der Waals surface area (Å²) in [6.45, 7) is 1.71. The topological polar surface area (TPSA) is 49.6 Å². The summed E-state index contributed by atoms with van der Waals surface area (Å²) in [5.74, 6) is 0.364. The van der Waals surface area contributed by atoms with Crippen LogP contribution >= 0.6 is 0 Å². The zero-order chi connectivity index (χ0) is 19.4. The molecule has 1 aromatic heterocycles. The molecule has 0 aliphatic rings. The molecule has 5 nitrogen and oxygen atoms in total. The molecule has 0 aliphatic heterocycles. The van der Waals surface area contributed by atoms with Gasteiger partial charge in [0.25, 0.3) is 0 Å². The maximum absolute atomic E-state index is 13.2. The first kappa shape index (κ1) is 18.8. The molecule has 0 N–H and O–H groups in total. The van der Waals surface area contributed by atoms with Crippen LogP contribution in [0, 0.1) is 5.82 Å².